The number of carbonyl (C=O) groups is 2. The van der Waals surface area contributed by atoms with E-state index >= 15 is 0 Å². The first-order chi connectivity index (χ1) is 12.6. The number of nitrogens with one attached hydrogen (secondary N) is 1. The Morgan fingerprint density at radius 1 is 1.08 bits per heavy atom. The van der Waals surface area contributed by atoms with Gasteiger partial charge in [0.25, 0.3) is 0 Å². The molecular weight excluding hydrogens is 352 g/mol. The van der Waals surface area contributed by atoms with Gasteiger partial charge in [0.15, 0.2) is 5.78 Å². The largest absolute Gasteiger partial charge is 0.506 e. The summed E-state index contributed by atoms with van der Waals surface area (Å²) in [7, 11) is 0. The zero-order chi connectivity index (χ0) is 18.3. The maximum Gasteiger partial charge on any atom is 0.239 e. The second-order valence-corrected chi connectivity index (χ2v) is 6.12. The summed E-state index contributed by atoms with van der Waals surface area (Å²) in [6.45, 7) is 0. The number of alkyl halides is 1. The third-order valence-electron chi connectivity index (χ3n) is 4.26. The van der Waals surface area contributed by atoms with Crippen molar-refractivity contribution in [2.75, 3.05) is 11.2 Å². The Morgan fingerprint density at radius 3 is 2.50 bits per heavy atom. The predicted octanol–water partition coefficient (Wildman–Crippen LogP) is 4.03. The average molecular weight is 365 g/mol. The molecule has 0 aliphatic heterocycles. The van der Waals surface area contributed by atoms with E-state index in [0.29, 0.717) is 28.0 Å². The SMILES string of the molecule is O=C(CCl)Nc1cc(C2=C(O)c3ccccc3C2=O)nc2ccccc12. The smallest absolute Gasteiger partial charge is 0.239 e. The number of fused-ring (bicyclic) bond motifs is 2. The number of aromatic nitrogens is 1. The topological polar surface area (TPSA) is 79.3 Å². The Labute approximate surface area is 153 Å². The van der Waals surface area contributed by atoms with Crippen molar-refractivity contribution in [3.05, 3.63) is 71.4 Å². The number of ketones is 1. The summed E-state index contributed by atoms with van der Waals surface area (Å²) < 4.78 is 0. The van der Waals surface area contributed by atoms with Crippen molar-refractivity contribution in [2.45, 2.75) is 0 Å². The molecule has 0 unspecified atom stereocenters. The van der Waals surface area contributed by atoms with Gasteiger partial charge in [-0.2, -0.15) is 0 Å². The molecule has 2 N–H and O–H groups in total. The second-order valence-electron chi connectivity index (χ2n) is 5.85. The third-order valence-corrected chi connectivity index (χ3v) is 4.50. The molecule has 5 nitrogen and oxygen atoms in total. The average Bonchev–Trinajstić information content (AvgIpc) is 2.92. The number of allylic oxidation sites excluding steroid dienone is 1. The highest BCUT2D eigenvalue weighted by Gasteiger charge is 2.31. The number of nitrogens with zero attached hydrogens (tertiary/aromatic N) is 1. The summed E-state index contributed by atoms with van der Waals surface area (Å²) in [5.74, 6) is -0.962. The van der Waals surface area contributed by atoms with Crippen molar-refractivity contribution in [1.82, 2.24) is 4.98 Å². The van der Waals surface area contributed by atoms with Crippen LogP contribution in [0.15, 0.2) is 54.6 Å². The maximum absolute atomic E-state index is 12.8. The van der Waals surface area contributed by atoms with Gasteiger partial charge in [0, 0.05) is 16.5 Å². The van der Waals surface area contributed by atoms with Crippen LogP contribution in [0.1, 0.15) is 21.6 Å². The van der Waals surface area contributed by atoms with E-state index in [2.05, 4.69) is 10.3 Å². The molecule has 0 saturated carbocycles. The molecule has 26 heavy (non-hydrogen) atoms. The van der Waals surface area contributed by atoms with Crippen LogP contribution in [0, 0.1) is 0 Å². The van der Waals surface area contributed by atoms with Gasteiger partial charge in [-0.1, -0.05) is 42.5 Å². The van der Waals surface area contributed by atoms with Crippen molar-refractivity contribution in [3.8, 4) is 0 Å². The van der Waals surface area contributed by atoms with E-state index in [-0.39, 0.29) is 28.9 Å². The third kappa shape index (κ3) is 2.53. The van der Waals surface area contributed by atoms with Crippen LogP contribution in [-0.2, 0) is 4.79 Å². The van der Waals surface area contributed by atoms with Crippen molar-refractivity contribution in [3.63, 3.8) is 0 Å². The molecule has 128 valence electrons. The fourth-order valence-corrected chi connectivity index (χ4v) is 3.16. The highest BCUT2D eigenvalue weighted by Crippen LogP contribution is 2.37. The number of halogens is 1. The van der Waals surface area contributed by atoms with E-state index < -0.39 is 0 Å². The number of anilines is 1. The Kier molecular flexibility index (Phi) is 3.93. The van der Waals surface area contributed by atoms with Gasteiger partial charge in [0.05, 0.1) is 22.5 Å². The summed E-state index contributed by atoms with van der Waals surface area (Å²) in [6.07, 6.45) is 0. The summed E-state index contributed by atoms with van der Waals surface area (Å²) in [6, 6.07) is 15.7. The van der Waals surface area contributed by atoms with Crippen LogP contribution in [-0.4, -0.2) is 27.7 Å². The van der Waals surface area contributed by atoms with Crippen LogP contribution >= 0.6 is 11.6 Å². The molecule has 0 fully saturated rings. The number of amides is 1. The minimum atomic E-state index is -0.367. The van der Waals surface area contributed by atoms with E-state index in [0.717, 1.165) is 5.39 Å². The van der Waals surface area contributed by atoms with Gasteiger partial charge in [-0.25, -0.2) is 4.98 Å². The molecule has 1 heterocycles. The molecule has 4 rings (SSSR count). The second kappa shape index (κ2) is 6.28. The zero-order valence-electron chi connectivity index (χ0n) is 13.5. The number of rotatable bonds is 3. The molecule has 6 heteroatoms. The summed E-state index contributed by atoms with van der Waals surface area (Å²) in [4.78, 5) is 29.1. The van der Waals surface area contributed by atoms with Gasteiger partial charge in [0.1, 0.15) is 11.6 Å². The first-order valence-electron chi connectivity index (χ1n) is 7.93. The minimum Gasteiger partial charge on any atom is -0.506 e. The van der Waals surface area contributed by atoms with Crippen molar-refractivity contribution < 1.29 is 14.7 Å². The lowest BCUT2D eigenvalue weighted by molar-refractivity contribution is -0.113. The molecule has 1 aliphatic rings. The van der Waals surface area contributed by atoms with Crippen molar-refractivity contribution >= 4 is 51.2 Å². The van der Waals surface area contributed by atoms with Crippen LogP contribution in [0.3, 0.4) is 0 Å². The van der Waals surface area contributed by atoms with Crippen molar-refractivity contribution in [1.29, 1.82) is 0 Å². The molecule has 3 aromatic rings. The molecule has 1 amide bonds. The number of Topliss-reactive ketones (excluding diaryl/α,β-unsaturated/α-hetero) is 1. The fraction of sp³-hybridized carbons (Fsp3) is 0.0500. The van der Waals surface area contributed by atoms with Gasteiger partial charge >= 0.3 is 0 Å². The molecule has 0 spiro atoms. The molecule has 1 aromatic heterocycles. The number of hydrogen-bond acceptors (Lipinski definition) is 4. The van der Waals surface area contributed by atoms with E-state index in [1.165, 1.54) is 0 Å². The molecule has 2 aromatic carbocycles. The number of pyridine rings is 1. The summed E-state index contributed by atoms with van der Waals surface area (Å²) in [5, 5.41) is 14.0. The minimum absolute atomic E-state index is 0.108. The van der Waals surface area contributed by atoms with E-state index in [1.54, 1.807) is 36.4 Å². The quantitative estimate of drug-likeness (QED) is 0.687. The molecular formula is C20H13ClN2O3. The normalized spacial score (nSPS) is 13.2. The Bertz CT molecular complexity index is 1110. The van der Waals surface area contributed by atoms with E-state index in [4.69, 9.17) is 11.6 Å². The maximum atomic E-state index is 12.8. The molecule has 0 saturated heterocycles. The lowest BCUT2D eigenvalue weighted by atomic mass is 10.0. The van der Waals surface area contributed by atoms with Crippen LogP contribution in [0.2, 0.25) is 0 Å². The molecule has 0 bridgehead atoms. The highest BCUT2D eigenvalue weighted by atomic mass is 35.5. The van der Waals surface area contributed by atoms with Crippen molar-refractivity contribution in [2.24, 2.45) is 0 Å². The number of benzene rings is 2. The standard InChI is InChI=1S/C20H13ClN2O3/c21-10-17(24)23-15-9-16(22-14-8-4-3-7-13(14)15)18-19(25)11-5-1-2-6-12(11)20(18)26/h1-9,25H,10H2,(H,22,23,24). The Balaban J connectivity index is 1.92. The first-order valence-corrected chi connectivity index (χ1v) is 8.47. The van der Waals surface area contributed by atoms with Crippen LogP contribution < -0.4 is 5.32 Å². The van der Waals surface area contributed by atoms with Gasteiger partial charge in [-0.05, 0) is 12.1 Å². The lowest BCUT2D eigenvalue weighted by Crippen LogP contribution is -2.13. The van der Waals surface area contributed by atoms with Gasteiger partial charge in [0.2, 0.25) is 5.91 Å². The van der Waals surface area contributed by atoms with Crippen LogP contribution in [0.25, 0.3) is 22.2 Å². The first kappa shape index (κ1) is 16.3. The van der Waals surface area contributed by atoms with E-state index in [1.807, 2.05) is 18.2 Å². The summed E-state index contributed by atoms with van der Waals surface area (Å²) >= 11 is 5.60. The van der Waals surface area contributed by atoms with Gasteiger partial charge in [-0.3, -0.25) is 9.59 Å². The highest BCUT2D eigenvalue weighted by molar-refractivity contribution is 6.38. The van der Waals surface area contributed by atoms with Crippen LogP contribution in [0.4, 0.5) is 5.69 Å². The Hall–Kier alpha value is -3.18. The summed E-state index contributed by atoms with van der Waals surface area (Å²) in [5.41, 5.74) is 2.42. The van der Waals surface area contributed by atoms with Crippen LogP contribution in [0.5, 0.6) is 0 Å². The number of hydrogen-bond donors (Lipinski definition) is 2. The number of para-hydroxylation sites is 1. The monoisotopic (exact) mass is 364 g/mol. The fourth-order valence-electron chi connectivity index (χ4n) is 3.09. The van der Waals surface area contributed by atoms with Gasteiger partial charge < -0.3 is 10.4 Å². The predicted molar refractivity (Wildman–Crippen MR) is 101 cm³/mol. The van der Waals surface area contributed by atoms with Gasteiger partial charge in [-0.15, -0.1) is 11.6 Å². The molecule has 0 radical (unpaired) electrons. The zero-order valence-corrected chi connectivity index (χ0v) is 14.2. The molecule has 0 atom stereocenters. The number of carbonyl (C=O) groups excluding carboxylic acids is 2. The van der Waals surface area contributed by atoms with E-state index in [9.17, 15) is 14.7 Å². The lowest BCUT2D eigenvalue weighted by Gasteiger charge is -2.11. The Morgan fingerprint density at radius 2 is 1.77 bits per heavy atom. The number of aliphatic hydroxyl groups is 1. The number of aliphatic hydroxyl groups excluding tert-OH is 1. The molecule has 1 aliphatic carbocycles.